The maximum atomic E-state index is 12.3. The number of carboxylic acid groups (broad SMARTS) is 1. The molecule has 0 aliphatic carbocycles. The summed E-state index contributed by atoms with van der Waals surface area (Å²) in [5, 5.41) is 12.2. The number of hydrogen-bond acceptors (Lipinski definition) is 4. The Kier molecular flexibility index (Phi) is 5.89. The van der Waals surface area contributed by atoms with Crippen LogP contribution in [0.5, 0.6) is 0 Å². The predicted octanol–water partition coefficient (Wildman–Crippen LogP) is 2.08. The van der Waals surface area contributed by atoms with Gasteiger partial charge in [-0.15, -0.1) is 11.8 Å². The third-order valence-corrected chi connectivity index (χ3v) is 6.30. The molecule has 0 aromatic rings. The van der Waals surface area contributed by atoms with Crippen molar-refractivity contribution in [1.82, 2.24) is 10.2 Å². The Balaban J connectivity index is 1.93. The van der Waals surface area contributed by atoms with Crippen molar-refractivity contribution < 1.29 is 14.7 Å². The summed E-state index contributed by atoms with van der Waals surface area (Å²) in [5.41, 5.74) is 0. The Morgan fingerprint density at radius 3 is 2.80 bits per heavy atom. The van der Waals surface area contributed by atoms with Crippen molar-refractivity contribution >= 4 is 35.5 Å². The lowest BCUT2D eigenvalue weighted by atomic mass is 10.1. The zero-order chi connectivity index (χ0) is 14.5. The van der Waals surface area contributed by atoms with E-state index in [-0.39, 0.29) is 11.4 Å². The second kappa shape index (κ2) is 7.45. The monoisotopic (exact) mass is 318 g/mol. The van der Waals surface area contributed by atoms with Crippen LogP contribution in [0.1, 0.15) is 26.2 Å². The fraction of sp³-hybridized carbons (Fsp3) is 0.846. The molecule has 2 aliphatic rings. The smallest absolute Gasteiger partial charge is 0.327 e. The van der Waals surface area contributed by atoms with Crippen LogP contribution in [0.4, 0.5) is 4.79 Å². The number of nitrogens with zero attached hydrogens (tertiary/aromatic N) is 1. The molecule has 2 aliphatic heterocycles. The zero-order valence-corrected chi connectivity index (χ0v) is 13.3. The molecule has 2 fully saturated rings. The minimum absolute atomic E-state index is 0.000877. The summed E-state index contributed by atoms with van der Waals surface area (Å²) in [7, 11) is 0. The fourth-order valence-corrected chi connectivity index (χ4v) is 5.36. The SMILES string of the molecule is CCCC1SCC(C(=O)O)N1C(=O)NCC1CCSC1. The summed E-state index contributed by atoms with van der Waals surface area (Å²) in [6, 6.07) is -0.896. The van der Waals surface area contributed by atoms with Crippen molar-refractivity contribution in [2.45, 2.75) is 37.6 Å². The van der Waals surface area contributed by atoms with E-state index in [9.17, 15) is 14.7 Å². The van der Waals surface area contributed by atoms with Crippen LogP contribution in [-0.4, -0.2) is 57.2 Å². The lowest BCUT2D eigenvalue weighted by molar-refractivity contribution is -0.141. The molecule has 0 saturated carbocycles. The summed E-state index contributed by atoms with van der Waals surface area (Å²) in [6.07, 6.45) is 2.94. The minimum Gasteiger partial charge on any atom is -0.480 e. The van der Waals surface area contributed by atoms with Gasteiger partial charge in [-0.25, -0.2) is 9.59 Å². The van der Waals surface area contributed by atoms with E-state index in [1.807, 2.05) is 11.8 Å². The molecule has 114 valence electrons. The highest BCUT2D eigenvalue weighted by Gasteiger charge is 2.41. The summed E-state index contributed by atoms with van der Waals surface area (Å²) in [6.45, 7) is 2.72. The van der Waals surface area contributed by atoms with E-state index in [1.54, 1.807) is 16.7 Å². The van der Waals surface area contributed by atoms with Gasteiger partial charge in [0, 0.05) is 12.3 Å². The van der Waals surface area contributed by atoms with Crippen LogP contribution in [0, 0.1) is 5.92 Å². The van der Waals surface area contributed by atoms with Gasteiger partial charge in [-0.1, -0.05) is 13.3 Å². The molecule has 0 bridgehead atoms. The van der Waals surface area contributed by atoms with E-state index >= 15 is 0 Å². The first-order chi connectivity index (χ1) is 9.63. The average Bonchev–Trinajstić information content (AvgIpc) is 3.05. The van der Waals surface area contributed by atoms with Gasteiger partial charge >= 0.3 is 12.0 Å². The molecule has 2 N–H and O–H groups in total. The Labute approximate surface area is 128 Å². The lowest BCUT2D eigenvalue weighted by Crippen LogP contribution is -2.50. The first-order valence-electron chi connectivity index (χ1n) is 7.11. The first kappa shape index (κ1) is 15.8. The molecule has 2 heterocycles. The summed E-state index contributed by atoms with van der Waals surface area (Å²) in [5.74, 6) is 2.38. The van der Waals surface area contributed by atoms with Crippen LogP contribution in [0.15, 0.2) is 0 Å². The number of hydrogen-bond donors (Lipinski definition) is 2. The Bertz CT molecular complexity index is 362. The van der Waals surface area contributed by atoms with Crippen LogP contribution in [0.3, 0.4) is 0 Å². The van der Waals surface area contributed by atoms with Gasteiger partial charge in [-0.05, 0) is 30.3 Å². The highest BCUT2D eigenvalue weighted by molar-refractivity contribution is 8.00. The zero-order valence-electron chi connectivity index (χ0n) is 11.7. The third kappa shape index (κ3) is 3.75. The van der Waals surface area contributed by atoms with Crippen LogP contribution in [0.2, 0.25) is 0 Å². The normalized spacial score (nSPS) is 29.6. The summed E-state index contributed by atoms with van der Waals surface area (Å²) in [4.78, 5) is 25.2. The van der Waals surface area contributed by atoms with E-state index in [1.165, 1.54) is 0 Å². The number of carbonyl (C=O) groups excluding carboxylic acids is 1. The maximum Gasteiger partial charge on any atom is 0.327 e. The van der Waals surface area contributed by atoms with Gasteiger partial charge in [0.05, 0.1) is 5.37 Å². The van der Waals surface area contributed by atoms with Crippen molar-refractivity contribution in [3.8, 4) is 0 Å². The number of aliphatic carboxylic acids is 1. The van der Waals surface area contributed by atoms with Crippen LogP contribution in [-0.2, 0) is 4.79 Å². The maximum absolute atomic E-state index is 12.3. The fourth-order valence-electron chi connectivity index (χ4n) is 2.56. The molecule has 2 rings (SSSR count). The number of nitrogens with one attached hydrogen (secondary N) is 1. The van der Waals surface area contributed by atoms with E-state index in [4.69, 9.17) is 0 Å². The quantitative estimate of drug-likeness (QED) is 0.812. The van der Waals surface area contributed by atoms with Gasteiger partial charge in [-0.3, -0.25) is 4.90 Å². The Hall–Kier alpha value is -0.560. The van der Waals surface area contributed by atoms with Gasteiger partial charge in [-0.2, -0.15) is 11.8 Å². The van der Waals surface area contributed by atoms with Gasteiger partial charge in [0.1, 0.15) is 6.04 Å². The second-order valence-corrected chi connectivity index (χ2v) is 7.61. The topological polar surface area (TPSA) is 69.6 Å². The second-order valence-electron chi connectivity index (χ2n) is 5.25. The van der Waals surface area contributed by atoms with Crippen molar-refractivity contribution in [3.63, 3.8) is 0 Å². The molecule has 3 unspecified atom stereocenters. The van der Waals surface area contributed by atoms with Crippen molar-refractivity contribution in [1.29, 1.82) is 0 Å². The highest BCUT2D eigenvalue weighted by Crippen LogP contribution is 2.32. The van der Waals surface area contributed by atoms with Crippen LogP contribution < -0.4 is 5.32 Å². The number of thioether (sulfide) groups is 2. The van der Waals surface area contributed by atoms with E-state index < -0.39 is 12.0 Å². The van der Waals surface area contributed by atoms with Gasteiger partial charge in [0.15, 0.2) is 0 Å². The Morgan fingerprint density at radius 1 is 1.40 bits per heavy atom. The third-order valence-electron chi connectivity index (χ3n) is 3.71. The number of rotatable bonds is 5. The number of amides is 2. The molecule has 2 amide bonds. The Morgan fingerprint density at radius 2 is 2.20 bits per heavy atom. The van der Waals surface area contributed by atoms with Gasteiger partial charge < -0.3 is 10.4 Å². The minimum atomic E-state index is -0.900. The standard InChI is InChI=1S/C13H22N2O3S2/c1-2-3-11-15(10(8-20-11)12(16)17)13(18)14-6-9-4-5-19-7-9/h9-11H,2-8H2,1H3,(H,14,18)(H,16,17). The molecule has 7 heteroatoms. The first-order valence-corrected chi connectivity index (χ1v) is 9.32. The van der Waals surface area contributed by atoms with Crippen molar-refractivity contribution in [3.05, 3.63) is 0 Å². The van der Waals surface area contributed by atoms with Crippen molar-refractivity contribution in [2.24, 2.45) is 5.92 Å². The molecule has 0 spiro atoms. The molecule has 0 radical (unpaired) electrons. The molecule has 20 heavy (non-hydrogen) atoms. The molecule has 5 nitrogen and oxygen atoms in total. The summed E-state index contributed by atoms with van der Waals surface area (Å²) >= 11 is 3.50. The van der Waals surface area contributed by atoms with E-state index in [0.717, 1.165) is 30.8 Å². The number of carboxylic acids is 1. The highest BCUT2D eigenvalue weighted by atomic mass is 32.2. The van der Waals surface area contributed by atoms with Crippen molar-refractivity contribution in [2.75, 3.05) is 23.8 Å². The number of urea groups is 1. The largest absolute Gasteiger partial charge is 0.480 e. The van der Waals surface area contributed by atoms with E-state index in [0.29, 0.717) is 18.2 Å². The van der Waals surface area contributed by atoms with Gasteiger partial charge in [0.25, 0.3) is 0 Å². The predicted molar refractivity (Wildman–Crippen MR) is 83.2 cm³/mol. The molecule has 0 aromatic heterocycles. The molecule has 0 aromatic carbocycles. The molecule has 2 saturated heterocycles. The van der Waals surface area contributed by atoms with Crippen LogP contribution in [0.25, 0.3) is 0 Å². The van der Waals surface area contributed by atoms with E-state index in [2.05, 4.69) is 12.2 Å². The molecule has 3 atom stereocenters. The average molecular weight is 318 g/mol. The lowest BCUT2D eigenvalue weighted by Gasteiger charge is -2.27. The van der Waals surface area contributed by atoms with Gasteiger partial charge in [0.2, 0.25) is 0 Å². The molecular formula is C13H22N2O3S2. The van der Waals surface area contributed by atoms with Crippen LogP contribution >= 0.6 is 23.5 Å². The summed E-state index contributed by atoms with van der Waals surface area (Å²) < 4.78 is 0. The molecular weight excluding hydrogens is 296 g/mol. The number of carbonyl (C=O) groups is 2.